The number of carbonyl (C=O) groups is 3. The highest BCUT2D eigenvalue weighted by Gasteiger charge is 2.25. The van der Waals surface area contributed by atoms with Crippen LogP contribution in [0.2, 0.25) is 0 Å². The Morgan fingerprint density at radius 2 is 1.88 bits per heavy atom. The van der Waals surface area contributed by atoms with E-state index in [1.54, 1.807) is 26.2 Å². The van der Waals surface area contributed by atoms with Gasteiger partial charge in [-0.15, -0.1) is 0 Å². The molecule has 1 N–H and O–H groups in total. The zero-order valence-corrected chi connectivity index (χ0v) is 24.1. The Hall–Kier alpha value is -4.55. The van der Waals surface area contributed by atoms with Crippen LogP contribution in [0, 0.1) is 11.7 Å². The van der Waals surface area contributed by atoms with Crippen molar-refractivity contribution in [2.45, 2.75) is 45.9 Å². The highest BCUT2D eigenvalue weighted by atomic mass is 19.1. The van der Waals surface area contributed by atoms with E-state index in [0.717, 1.165) is 5.52 Å². The van der Waals surface area contributed by atoms with Gasteiger partial charge in [0.2, 0.25) is 5.91 Å². The molecule has 0 spiro atoms. The molecule has 3 rings (SSSR count). The molecule has 0 fully saturated rings. The number of nitrogens with zero attached hydrogens (tertiary/aromatic N) is 6. The van der Waals surface area contributed by atoms with Crippen LogP contribution in [0.25, 0.3) is 11.0 Å². The first-order chi connectivity index (χ1) is 19.4. The standard InChI is InChI=1S/C28H36FN7O5/c1-18(2)15-36-22-12-11-19(29)13-20(22)31-24(36)16-35-17-30-14-21(27(35)39)32-26(38)23(41-28(40)34(5)6)9-7-8-10-25(37)33(3)4/h8,10-14,17-18,23H,7,9,15-16H2,1-6H3,(H,32,38)/b10-8+/t23-/m0/s1. The number of ether oxygens (including phenoxy) is 1. The van der Waals surface area contributed by atoms with E-state index < -0.39 is 29.5 Å². The van der Waals surface area contributed by atoms with Gasteiger partial charge < -0.3 is 24.4 Å². The van der Waals surface area contributed by atoms with E-state index in [4.69, 9.17) is 4.74 Å². The molecule has 0 aliphatic heterocycles. The molecule has 0 saturated carbocycles. The van der Waals surface area contributed by atoms with Crippen LogP contribution in [0.5, 0.6) is 0 Å². The van der Waals surface area contributed by atoms with Crippen molar-refractivity contribution >= 4 is 34.6 Å². The molecule has 220 valence electrons. The molecule has 0 saturated heterocycles. The zero-order chi connectivity index (χ0) is 30.3. The van der Waals surface area contributed by atoms with E-state index in [-0.39, 0.29) is 36.9 Å². The summed E-state index contributed by atoms with van der Waals surface area (Å²) >= 11 is 0. The maximum Gasteiger partial charge on any atom is 0.410 e. The Balaban J connectivity index is 1.83. The van der Waals surface area contributed by atoms with Gasteiger partial charge in [-0.05, 0) is 37.0 Å². The van der Waals surface area contributed by atoms with Gasteiger partial charge in [0.25, 0.3) is 11.5 Å². The lowest BCUT2D eigenvalue weighted by atomic mass is 10.1. The summed E-state index contributed by atoms with van der Waals surface area (Å²) in [5, 5.41) is 2.52. The molecule has 12 nitrogen and oxygen atoms in total. The molecule has 0 aliphatic carbocycles. The van der Waals surface area contributed by atoms with Crippen LogP contribution in [0.3, 0.4) is 0 Å². The van der Waals surface area contributed by atoms with Crippen LogP contribution in [0.1, 0.15) is 32.5 Å². The Labute approximate surface area is 237 Å². The third kappa shape index (κ3) is 8.22. The Bertz CT molecular complexity index is 1490. The van der Waals surface area contributed by atoms with Crippen LogP contribution in [0.15, 0.2) is 47.7 Å². The number of nitrogens with one attached hydrogen (secondary N) is 1. The number of carbonyl (C=O) groups excluding carboxylic acids is 3. The van der Waals surface area contributed by atoms with Crippen LogP contribution < -0.4 is 10.9 Å². The van der Waals surface area contributed by atoms with Crippen molar-refractivity contribution in [3.05, 3.63) is 64.9 Å². The third-order valence-corrected chi connectivity index (χ3v) is 6.01. The van der Waals surface area contributed by atoms with Crippen LogP contribution >= 0.6 is 0 Å². The number of rotatable bonds is 11. The lowest BCUT2D eigenvalue weighted by Crippen LogP contribution is -2.37. The van der Waals surface area contributed by atoms with Crippen molar-refractivity contribution in [2.24, 2.45) is 5.92 Å². The van der Waals surface area contributed by atoms with Crippen molar-refractivity contribution in [1.29, 1.82) is 0 Å². The fraction of sp³-hybridized carbons (Fsp3) is 0.429. The molecule has 2 aromatic heterocycles. The second-order valence-corrected chi connectivity index (χ2v) is 10.4. The number of amides is 3. The predicted octanol–water partition coefficient (Wildman–Crippen LogP) is 2.87. The molecular formula is C28H36FN7O5. The SMILES string of the molecule is CC(C)Cn1c(Cn2cncc(NC(=O)[C@H](CC/C=C/C(=O)N(C)C)OC(=O)N(C)C)c2=O)nc2cc(F)ccc21. The summed E-state index contributed by atoms with van der Waals surface area (Å²) in [6, 6.07) is 4.36. The largest absolute Gasteiger partial charge is 0.436 e. The van der Waals surface area contributed by atoms with Crippen molar-refractivity contribution in [1.82, 2.24) is 28.9 Å². The molecule has 1 atom stereocenters. The molecule has 0 bridgehead atoms. The van der Waals surface area contributed by atoms with Gasteiger partial charge in [0.1, 0.15) is 17.3 Å². The maximum atomic E-state index is 13.8. The molecule has 0 aliphatic rings. The Morgan fingerprint density at radius 3 is 2.54 bits per heavy atom. The smallest absolute Gasteiger partial charge is 0.410 e. The summed E-state index contributed by atoms with van der Waals surface area (Å²) in [5.74, 6) is -0.560. The van der Waals surface area contributed by atoms with E-state index in [1.165, 1.54) is 59.2 Å². The van der Waals surface area contributed by atoms with Gasteiger partial charge in [-0.1, -0.05) is 19.9 Å². The van der Waals surface area contributed by atoms with E-state index in [0.29, 0.717) is 17.9 Å². The van der Waals surface area contributed by atoms with Gasteiger partial charge in [-0.3, -0.25) is 19.0 Å². The van der Waals surface area contributed by atoms with E-state index in [2.05, 4.69) is 15.3 Å². The van der Waals surface area contributed by atoms with Crippen LogP contribution in [-0.2, 0) is 27.4 Å². The summed E-state index contributed by atoms with van der Waals surface area (Å²) in [6.07, 6.45) is 3.86. The average Bonchev–Trinajstić information content (AvgIpc) is 3.22. The van der Waals surface area contributed by atoms with E-state index in [9.17, 15) is 23.6 Å². The Morgan fingerprint density at radius 1 is 1.15 bits per heavy atom. The number of anilines is 1. The summed E-state index contributed by atoms with van der Waals surface area (Å²) in [7, 11) is 6.19. The van der Waals surface area contributed by atoms with E-state index in [1.807, 2.05) is 18.4 Å². The Kier molecular flexibility index (Phi) is 10.3. The van der Waals surface area contributed by atoms with Gasteiger partial charge in [0, 0.05) is 40.8 Å². The fourth-order valence-electron chi connectivity index (χ4n) is 3.91. The number of hydrogen-bond donors (Lipinski definition) is 1. The third-order valence-electron chi connectivity index (χ3n) is 6.01. The number of aromatic nitrogens is 4. The minimum atomic E-state index is -1.23. The highest BCUT2D eigenvalue weighted by molar-refractivity contribution is 5.95. The lowest BCUT2D eigenvalue weighted by molar-refractivity contribution is -0.125. The molecule has 0 radical (unpaired) electrons. The molecule has 41 heavy (non-hydrogen) atoms. The maximum absolute atomic E-state index is 13.8. The minimum Gasteiger partial charge on any atom is -0.436 e. The number of benzene rings is 1. The summed E-state index contributed by atoms with van der Waals surface area (Å²) < 4.78 is 22.4. The minimum absolute atomic E-state index is 0.0301. The molecule has 13 heteroatoms. The number of fused-ring (bicyclic) bond motifs is 1. The first-order valence-corrected chi connectivity index (χ1v) is 13.1. The van der Waals surface area contributed by atoms with E-state index >= 15 is 0 Å². The first kappa shape index (κ1) is 31.0. The normalized spacial score (nSPS) is 12.1. The molecular weight excluding hydrogens is 533 g/mol. The first-order valence-electron chi connectivity index (χ1n) is 13.1. The zero-order valence-electron chi connectivity index (χ0n) is 24.1. The average molecular weight is 570 g/mol. The van der Waals surface area contributed by atoms with Crippen LogP contribution in [-0.4, -0.2) is 81.1 Å². The second kappa shape index (κ2) is 13.7. The quantitative estimate of drug-likeness (QED) is 0.351. The molecule has 1 aromatic carbocycles. The van der Waals surface area contributed by atoms with Crippen molar-refractivity contribution in [3.8, 4) is 0 Å². The predicted molar refractivity (Wildman–Crippen MR) is 152 cm³/mol. The van der Waals surface area contributed by atoms with Crippen molar-refractivity contribution in [2.75, 3.05) is 33.5 Å². The second-order valence-electron chi connectivity index (χ2n) is 10.4. The monoisotopic (exact) mass is 569 g/mol. The van der Waals surface area contributed by atoms with Gasteiger partial charge >= 0.3 is 6.09 Å². The van der Waals surface area contributed by atoms with Crippen molar-refractivity contribution < 1.29 is 23.5 Å². The highest BCUT2D eigenvalue weighted by Crippen LogP contribution is 2.20. The number of allylic oxidation sites excluding steroid dienone is 1. The fourth-order valence-corrected chi connectivity index (χ4v) is 3.91. The van der Waals surface area contributed by atoms with Gasteiger partial charge in [0.05, 0.1) is 30.1 Å². The molecule has 3 amide bonds. The number of halogens is 1. The van der Waals surface area contributed by atoms with Crippen molar-refractivity contribution in [3.63, 3.8) is 0 Å². The van der Waals surface area contributed by atoms with Gasteiger partial charge in [-0.2, -0.15) is 0 Å². The number of imidazole rings is 1. The number of hydrogen-bond acceptors (Lipinski definition) is 7. The van der Waals surface area contributed by atoms with Crippen LogP contribution in [0.4, 0.5) is 14.9 Å². The van der Waals surface area contributed by atoms with Gasteiger partial charge in [-0.25, -0.2) is 19.2 Å². The topological polar surface area (TPSA) is 132 Å². The molecule has 2 heterocycles. The van der Waals surface area contributed by atoms with Gasteiger partial charge in [0.15, 0.2) is 6.10 Å². The lowest BCUT2D eigenvalue weighted by Gasteiger charge is -2.19. The molecule has 0 unspecified atom stereocenters. The summed E-state index contributed by atoms with van der Waals surface area (Å²) in [6.45, 7) is 4.71. The summed E-state index contributed by atoms with van der Waals surface area (Å²) in [5.41, 5.74) is 0.557. The summed E-state index contributed by atoms with van der Waals surface area (Å²) in [4.78, 5) is 61.6. The molecule has 3 aromatic rings. The number of likely N-dealkylation sites (N-methyl/N-ethyl adjacent to an activating group) is 1.